The summed E-state index contributed by atoms with van der Waals surface area (Å²) in [5.41, 5.74) is 2.25. The summed E-state index contributed by atoms with van der Waals surface area (Å²) in [6, 6.07) is 3.84. The van der Waals surface area contributed by atoms with Gasteiger partial charge >= 0.3 is 0 Å². The normalized spacial score (nSPS) is 21.7. The molecule has 1 heterocycles. The number of rotatable bonds is 1. The summed E-state index contributed by atoms with van der Waals surface area (Å²) in [7, 11) is 0. The Morgan fingerprint density at radius 2 is 2.20 bits per heavy atom. The first-order chi connectivity index (χ1) is 7.20. The van der Waals surface area contributed by atoms with Crippen molar-refractivity contribution in [3.8, 4) is 0 Å². The SMILES string of the molecule is Cc1c(C2CCCCN2)ccc(F)c1Br. The molecule has 1 aliphatic rings. The van der Waals surface area contributed by atoms with Crippen molar-refractivity contribution < 1.29 is 4.39 Å². The Kier molecular flexibility index (Phi) is 3.42. The van der Waals surface area contributed by atoms with Crippen LogP contribution in [-0.4, -0.2) is 6.54 Å². The van der Waals surface area contributed by atoms with Crippen LogP contribution < -0.4 is 5.32 Å². The molecule has 1 fully saturated rings. The van der Waals surface area contributed by atoms with E-state index in [1.54, 1.807) is 6.07 Å². The molecule has 0 radical (unpaired) electrons. The van der Waals surface area contributed by atoms with Crippen molar-refractivity contribution in [2.45, 2.75) is 32.2 Å². The zero-order chi connectivity index (χ0) is 10.8. The smallest absolute Gasteiger partial charge is 0.137 e. The second-order valence-electron chi connectivity index (χ2n) is 4.08. The Bertz CT molecular complexity index is 359. The lowest BCUT2D eigenvalue weighted by atomic mass is 9.94. The predicted octanol–water partition coefficient (Wildman–Crippen LogP) is 3.71. The van der Waals surface area contributed by atoms with E-state index in [0.29, 0.717) is 10.5 Å². The fraction of sp³-hybridized carbons (Fsp3) is 0.500. The third kappa shape index (κ3) is 2.23. The van der Waals surface area contributed by atoms with Gasteiger partial charge in [0.15, 0.2) is 0 Å². The van der Waals surface area contributed by atoms with E-state index in [0.717, 1.165) is 18.5 Å². The number of nitrogens with one attached hydrogen (secondary N) is 1. The van der Waals surface area contributed by atoms with Crippen molar-refractivity contribution in [1.29, 1.82) is 0 Å². The van der Waals surface area contributed by atoms with Crippen LogP contribution in [0.3, 0.4) is 0 Å². The second kappa shape index (κ2) is 4.62. The Morgan fingerprint density at radius 3 is 2.87 bits per heavy atom. The largest absolute Gasteiger partial charge is 0.310 e. The van der Waals surface area contributed by atoms with Gasteiger partial charge in [-0.15, -0.1) is 0 Å². The fourth-order valence-electron chi connectivity index (χ4n) is 2.16. The lowest BCUT2D eigenvalue weighted by molar-refractivity contribution is 0.410. The summed E-state index contributed by atoms with van der Waals surface area (Å²) in [6.07, 6.45) is 3.66. The average Bonchev–Trinajstić information content (AvgIpc) is 2.27. The van der Waals surface area contributed by atoms with Gasteiger partial charge < -0.3 is 5.32 Å². The van der Waals surface area contributed by atoms with Gasteiger partial charge in [-0.3, -0.25) is 0 Å². The molecule has 2 rings (SSSR count). The molecule has 82 valence electrons. The summed E-state index contributed by atoms with van der Waals surface area (Å²) < 4.78 is 13.9. The lowest BCUT2D eigenvalue weighted by Gasteiger charge is -2.25. The molecule has 1 nitrogen and oxygen atoms in total. The first-order valence-electron chi connectivity index (χ1n) is 5.38. The fourth-order valence-corrected chi connectivity index (χ4v) is 2.52. The molecule has 1 N–H and O–H groups in total. The van der Waals surface area contributed by atoms with E-state index in [4.69, 9.17) is 0 Å². The highest BCUT2D eigenvalue weighted by molar-refractivity contribution is 9.10. The van der Waals surface area contributed by atoms with Gasteiger partial charge in [0.2, 0.25) is 0 Å². The predicted molar refractivity (Wildman–Crippen MR) is 63.4 cm³/mol. The summed E-state index contributed by atoms with van der Waals surface area (Å²) in [4.78, 5) is 0. The highest BCUT2D eigenvalue weighted by atomic mass is 79.9. The van der Waals surface area contributed by atoms with E-state index in [1.165, 1.54) is 18.4 Å². The number of halogens is 2. The van der Waals surface area contributed by atoms with Crippen molar-refractivity contribution in [3.05, 3.63) is 33.5 Å². The minimum Gasteiger partial charge on any atom is -0.310 e. The van der Waals surface area contributed by atoms with Gasteiger partial charge in [-0.2, -0.15) is 0 Å². The number of hydrogen-bond acceptors (Lipinski definition) is 1. The van der Waals surface area contributed by atoms with Crippen LogP contribution in [0.25, 0.3) is 0 Å². The molecule has 0 spiro atoms. The third-order valence-corrected chi connectivity index (χ3v) is 4.04. The van der Waals surface area contributed by atoms with Crippen molar-refractivity contribution in [1.82, 2.24) is 5.32 Å². The molecule has 15 heavy (non-hydrogen) atoms. The molecule has 0 amide bonds. The molecule has 0 saturated carbocycles. The Balaban J connectivity index is 2.31. The molecule has 0 bridgehead atoms. The zero-order valence-corrected chi connectivity index (χ0v) is 10.4. The van der Waals surface area contributed by atoms with Crippen LogP contribution in [0.5, 0.6) is 0 Å². The van der Waals surface area contributed by atoms with E-state index in [1.807, 2.05) is 13.0 Å². The number of benzene rings is 1. The van der Waals surface area contributed by atoms with E-state index in [2.05, 4.69) is 21.2 Å². The molecule has 1 saturated heterocycles. The summed E-state index contributed by atoms with van der Waals surface area (Å²) >= 11 is 3.29. The number of hydrogen-bond donors (Lipinski definition) is 1. The van der Waals surface area contributed by atoms with Gasteiger partial charge in [0.05, 0.1) is 4.47 Å². The van der Waals surface area contributed by atoms with Crippen LogP contribution in [0.2, 0.25) is 0 Å². The molecule has 1 unspecified atom stereocenters. The van der Waals surface area contributed by atoms with Crippen molar-refractivity contribution in [3.63, 3.8) is 0 Å². The summed E-state index contributed by atoms with van der Waals surface area (Å²) in [6.45, 7) is 3.04. The van der Waals surface area contributed by atoms with E-state index >= 15 is 0 Å². The lowest BCUT2D eigenvalue weighted by Crippen LogP contribution is -2.27. The highest BCUT2D eigenvalue weighted by Crippen LogP contribution is 2.30. The van der Waals surface area contributed by atoms with Crippen LogP contribution >= 0.6 is 15.9 Å². The van der Waals surface area contributed by atoms with Crippen molar-refractivity contribution >= 4 is 15.9 Å². The van der Waals surface area contributed by atoms with Gasteiger partial charge in [-0.25, -0.2) is 4.39 Å². The Morgan fingerprint density at radius 1 is 1.40 bits per heavy atom. The Labute approximate surface area is 98.2 Å². The highest BCUT2D eigenvalue weighted by Gasteiger charge is 2.18. The first kappa shape index (κ1) is 11.1. The standard InChI is InChI=1S/C12H15BrFN/c1-8-9(5-6-10(14)12(8)13)11-4-2-3-7-15-11/h5-6,11,15H,2-4,7H2,1H3. The van der Waals surface area contributed by atoms with Gasteiger partial charge in [-0.1, -0.05) is 12.5 Å². The number of piperidine rings is 1. The van der Waals surface area contributed by atoms with E-state index in [-0.39, 0.29) is 5.82 Å². The van der Waals surface area contributed by atoms with Crippen LogP contribution in [0, 0.1) is 12.7 Å². The summed E-state index contributed by atoms with van der Waals surface area (Å²) in [5.74, 6) is -0.174. The van der Waals surface area contributed by atoms with Gasteiger partial charge in [-0.05, 0) is 59.4 Å². The molecule has 1 atom stereocenters. The van der Waals surface area contributed by atoms with Gasteiger partial charge in [0.1, 0.15) is 5.82 Å². The molecular formula is C12H15BrFN. The first-order valence-corrected chi connectivity index (χ1v) is 6.17. The van der Waals surface area contributed by atoms with Gasteiger partial charge in [0, 0.05) is 6.04 Å². The molecule has 1 aliphatic heterocycles. The van der Waals surface area contributed by atoms with Crippen molar-refractivity contribution in [2.75, 3.05) is 6.54 Å². The average molecular weight is 272 g/mol. The van der Waals surface area contributed by atoms with Gasteiger partial charge in [0.25, 0.3) is 0 Å². The van der Waals surface area contributed by atoms with Crippen LogP contribution in [0.4, 0.5) is 4.39 Å². The molecule has 0 aromatic heterocycles. The maximum atomic E-state index is 13.3. The molecule has 3 heteroatoms. The molecule has 1 aromatic rings. The topological polar surface area (TPSA) is 12.0 Å². The molecule has 1 aromatic carbocycles. The maximum absolute atomic E-state index is 13.3. The minimum atomic E-state index is -0.174. The molecular weight excluding hydrogens is 257 g/mol. The monoisotopic (exact) mass is 271 g/mol. The third-order valence-electron chi connectivity index (χ3n) is 3.07. The Hall–Kier alpha value is -0.410. The molecule has 0 aliphatic carbocycles. The summed E-state index contributed by atoms with van der Waals surface area (Å²) in [5, 5.41) is 3.48. The van der Waals surface area contributed by atoms with Crippen molar-refractivity contribution in [2.24, 2.45) is 0 Å². The quantitative estimate of drug-likeness (QED) is 0.821. The van der Waals surface area contributed by atoms with Crippen LogP contribution in [0.1, 0.15) is 36.4 Å². The maximum Gasteiger partial charge on any atom is 0.137 e. The van der Waals surface area contributed by atoms with Crippen LogP contribution in [-0.2, 0) is 0 Å². The minimum absolute atomic E-state index is 0.174. The van der Waals surface area contributed by atoms with Crippen LogP contribution in [0.15, 0.2) is 16.6 Å². The van der Waals surface area contributed by atoms with E-state index < -0.39 is 0 Å². The second-order valence-corrected chi connectivity index (χ2v) is 4.87. The van der Waals surface area contributed by atoms with E-state index in [9.17, 15) is 4.39 Å². The zero-order valence-electron chi connectivity index (χ0n) is 8.82.